The van der Waals surface area contributed by atoms with Gasteiger partial charge in [0, 0.05) is 11.1 Å². The summed E-state index contributed by atoms with van der Waals surface area (Å²) in [5.74, 6) is -0.774. The summed E-state index contributed by atoms with van der Waals surface area (Å²) in [6.07, 6.45) is 7.76. The second-order valence-corrected chi connectivity index (χ2v) is 4.54. The fourth-order valence-corrected chi connectivity index (χ4v) is 1.89. The Morgan fingerprint density at radius 2 is 1.65 bits per heavy atom. The smallest absolute Gasteiger partial charge is 0.320 e. The molecule has 2 aliphatic rings. The van der Waals surface area contributed by atoms with Crippen molar-refractivity contribution >= 4 is 11.8 Å². The number of rotatable bonds is 3. The first-order valence-corrected chi connectivity index (χ1v) is 6.25. The van der Waals surface area contributed by atoms with Gasteiger partial charge in [-0.25, -0.2) is 0 Å². The summed E-state index contributed by atoms with van der Waals surface area (Å²) in [5.41, 5.74) is 7.97. The van der Waals surface area contributed by atoms with Crippen molar-refractivity contribution in [2.75, 3.05) is 0 Å². The topological polar surface area (TPSA) is 80.4 Å². The molecular formula is C16H15NO3. The van der Waals surface area contributed by atoms with E-state index < -0.39 is 12.0 Å². The summed E-state index contributed by atoms with van der Waals surface area (Å²) in [5, 5.41) is 8.52. The van der Waals surface area contributed by atoms with Gasteiger partial charge < -0.3 is 10.8 Å². The predicted octanol–water partition coefficient (Wildman–Crippen LogP) is 1.63. The van der Waals surface area contributed by atoms with Gasteiger partial charge in [0.1, 0.15) is 6.04 Å². The fourth-order valence-electron chi connectivity index (χ4n) is 1.89. The molecule has 0 spiro atoms. The van der Waals surface area contributed by atoms with Gasteiger partial charge in [0.25, 0.3) is 0 Å². The molecule has 0 saturated carbocycles. The van der Waals surface area contributed by atoms with E-state index in [1.54, 1.807) is 0 Å². The SMILES string of the molecule is N[C@H](Cc1ccccc1)C(=O)O.O=C1C2=CC=C1C=C2. The number of nitrogens with two attached hydrogens (primary N) is 1. The number of hydrogen-bond donors (Lipinski definition) is 2. The zero-order valence-corrected chi connectivity index (χ0v) is 10.8. The summed E-state index contributed by atoms with van der Waals surface area (Å²) >= 11 is 0. The molecule has 1 aromatic rings. The number of fused-ring (bicyclic) bond motifs is 2. The third-order valence-corrected chi connectivity index (χ3v) is 3.02. The van der Waals surface area contributed by atoms with E-state index in [9.17, 15) is 9.59 Å². The lowest BCUT2D eigenvalue weighted by Gasteiger charge is -2.04. The Hall–Kier alpha value is -2.46. The Bertz CT molecular complexity index is 588. The summed E-state index contributed by atoms with van der Waals surface area (Å²) in [6, 6.07) is 8.54. The monoisotopic (exact) mass is 269 g/mol. The molecule has 3 rings (SSSR count). The number of benzene rings is 1. The number of carboxylic acid groups (broad SMARTS) is 1. The molecule has 2 bridgehead atoms. The first-order chi connectivity index (χ1) is 9.58. The summed E-state index contributed by atoms with van der Waals surface area (Å²) < 4.78 is 0. The van der Waals surface area contributed by atoms with Crippen LogP contribution in [0.5, 0.6) is 0 Å². The molecule has 0 aliphatic heterocycles. The molecule has 0 saturated heterocycles. The van der Waals surface area contributed by atoms with Crippen LogP contribution in [0.1, 0.15) is 5.56 Å². The number of Topliss-reactive ketones (excluding diaryl/α,β-unsaturated/α-hetero) is 1. The second-order valence-electron chi connectivity index (χ2n) is 4.54. The minimum absolute atomic E-state index is 0.185. The van der Waals surface area contributed by atoms with Crippen molar-refractivity contribution in [2.45, 2.75) is 12.5 Å². The quantitative estimate of drug-likeness (QED) is 0.874. The van der Waals surface area contributed by atoms with Crippen LogP contribution in [0.25, 0.3) is 0 Å². The number of carbonyl (C=O) groups is 2. The van der Waals surface area contributed by atoms with Crippen molar-refractivity contribution in [1.82, 2.24) is 0 Å². The maximum absolute atomic E-state index is 10.8. The van der Waals surface area contributed by atoms with Crippen LogP contribution >= 0.6 is 0 Å². The zero-order valence-electron chi connectivity index (χ0n) is 10.8. The Balaban J connectivity index is 0.000000157. The second kappa shape index (κ2) is 6.12. The minimum Gasteiger partial charge on any atom is -0.480 e. The molecule has 0 radical (unpaired) electrons. The molecule has 0 unspecified atom stereocenters. The number of aliphatic carboxylic acids is 1. The molecule has 2 aliphatic carbocycles. The maximum Gasteiger partial charge on any atom is 0.320 e. The summed E-state index contributed by atoms with van der Waals surface area (Å²) in [6.45, 7) is 0. The molecule has 0 fully saturated rings. The van der Waals surface area contributed by atoms with Gasteiger partial charge in [-0.05, 0) is 12.0 Å². The normalized spacial score (nSPS) is 16.1. The largest absolute Gasteiger partial charge is 0.480 e. The van der Waals surface area contributed by atoms with Crippen LogP contribution in [0.15, 0.2) is 65.8 Å². The molecule has 0 aromatic heterocycles. The van der Waals surface area contributed by atoms with Crippen molar-refractivity contribution in [1.29, 1.82) is 0 Å². The van der Waals surface area contributed by atoms with E-state index in [0.29, 0.717) is 6.42 Å². The summed E-state index contributed by atoms with van der Waals surface area (Å²) in [7, 11) is 0. The van der Waals surface area contributed by atoms with E-state index >= 15 is 0 Å². The standard InChI is InChI=1S/C9H11NO2.C7H4O/c10-8(9(11)12)6-7-4-2-1-3-5-7;8-7-5-1-2-6(7)4-3-5/h1-5,8H,6,10H2,(H,11,12);1-4H/t8-;/m1./s1. The van der Waals surface area contributed by atoms with Gasteiger partial charge in [-0.15, -0.1) is 0 Å². The average Bonchev–Trinajstić information content (AvgIpc) is 2.98. The van der Waals surface area contributed by atoms with Gasteiger partial charge >= 0.3 is 5.97 Å². The van der Waals surface area contributed by atoms with Gasteiger partial charge in [-0.2, -0.15) is 0 Å². The highest BCUT2D eigenvalue weighted by Gasteiger charge is 2.20. The van der Waals surface area contributed by atoms with E-state index in [2.05, 4.69) is 0 Å². The van der Waals surface area contributed by atoms with E-state index in [0.717, 1.165) is 16.7 Å². The Morgan fingerprint density at radius 3 is 2.00 bits per heavy atom. The Morgan fingerprint density at radius 1 is 1.10 bits per heavy atom. The molecule has 4 heteroatoms. The van der Waals surface area contributed by atoms with Crippen LogP contribution in [0.3, 0.4) is 0 Å². The minimum atomic E-state index is -0.959. The lowest BCUT2D eigenvalue weighted by molar-refractivity contribution is -0.138. The van der Waals surface area contributed by atoms with Crippen molar-refractivity contribution in [3.63, 3.8) is 0 Å². The van der Waals surface area contributed by atoms with Crippen LogP contribution in [-0.4, -0.2) is 22.9 Å². The highest BCUT2D eigenvalue weighted by molar-refractivity contribution is 6.17. The van der Waals surface area contributed by atoms with Crippen molar-refractivity contribution < 1.29 is 14.7 Å². The average molecular weight is 269 g/mol. The Kier molecular flexibility index (Phi) is 4.27. The van der Waals surface area contributed by atoms with Crippen molar-refractivity contribution in [3.05, 3.63) is 71.3 Å². The van der Waals surface area contributed by atoms with Gasteiger partial charge in [0.05, 0.1) is 0 Å². The molecule has 0 heterocycles. The highest BCUT2D eigenvalue weighted by atomic mass is 16.4. The maximum atomic E-state index is 10.8. The Labute approximate surface area is 116 Å². The van der Waals surface area contributed by atoms with Crippen LogP contribution < -0.4 is 5.73 Å². The first kappa shape index (κ1) is 14.0. The molecule has 102 valence electrons. The molecule has 1 aromatic carbocycles. The zero-order chi connectivity index (χ0) is 14.5. The van der Waals surface area contributed by atoms with Crippen molar-refractivity contribution in [2.24, 2.45) is 5.73 Å². The van der Waals surface area contributed by atoms with Crippen LogP contribution in [0.4, 0.5) is 0 Å². The number of carboxylic acids is 1. The van der Waals surface area contributed by atoms with E-state index in [1.165, 1.54) is 0 Å². The van der Waals surface area contributed by atoms with Crippen molar-refractivity contribution in [3.8, 4) is 0 Å². The van der Waals surface area contributed by atoms with E-state index in [-0.39, 0.29) is 5.78 Å². The van der Waals surface area contributed by atoms with E-state index in [4.69, 9.17) is 10.8 Å². The van der Waals surface area contributed by atoms with E-state index in [1.807, 2.05) is 54.6 Å². The van der Waals surface area contributed by atoms with Gasteiger partial charge in [0.2, 0.25) is 0 Å². The lowest BCUT2D eigenvalue weighted by atomic mass is 10.1. The lowest BCUT2D eigenvalue weighted by Crippen LogP contribution is -2.32. The summed E-state index contributed by atoms with van der Waals surface area (Å²) in [4.78, 5) is 21.1. The third-order valence-electron chi connectivity index (χ3n) is 3.02. The van der Waals surface area contributed by atoms with Crippen LogP contribution in [0, 0.1) is 0 Å². The molecule has 4 nitrogen and oxygen atoms in total. The molecular weight excluding hydrogens is 254 g/mol. The van der Waals surface area contributed by atoms with Gasteiger partial charge in [0.15, 0.2) is 5.78 Å². The number of allylic oxidation sites excluding steroid dienone is 6. The van der Waals surface area contributed by atoms with Gasteiger partial charge in [-0.3, -0.25) is 9.59 Å². The molecule has 1 atom stereocenters. The van der Waals surface area contributed by atoms with Crippen LogP contribution in [-0.2, 0) is 16.0 Å². The fraction of sp³-hybridized carbons (Fsp3) is 0.125. The predicted molar refractivity (Wildman–Crippen MR) is 76.1 cm³/mol. The number of ketones is 1. The number of hydrogen-bond acceptors (Lipinski definition) is 3. The first-order valence-electron chi connectivity index (χ1n) is 6.25. The van der Waals surface area contributed by atoms with Gasteiger partial charge in [-0.1, -0.05) is 54.6 Å². The highest BCUT2D eigenvalue weighted by Crippen LogP contribution is 2.23. The third kappa shape index (κ3) is 3.30. The van der Waals surface area contributed by atoms with Crippen LogP contribution in [0.2, 0.25) is 0 Å². The molecule has 3 N–H and O–H groups in total. The molecule has 20 heavy (non-hydrogen) atoms. The number of carbonyl (C=O) groups excluding carboxylic acids is 1. The molecule has 0 amide bonds.